The number of rotatable bonds is 4. The van der Waals surface area contributed by atoms with Crippen LogP contribution < -0.4 is 0 Å². The Kier molecular flexibility index (Phi) is 4.49. The smallest absolute Gasteiger partial charge is 0.328 e. The summed E-state index contributed by atoms with van der Waals surface area (Å²) in [5.74, 6) is -0.379. The van der Waals surface area contributed by atoms with Crippen LogP contribution in [-0.2, 0) is 14.8 Å². The zero-order chi connectivity index (χ0) is 15.6. The molecule has 0 amide bonds. The van der Waals surface area contributed by atoms with Gasteiger partial charge in [0.2, 0.25) is 10.0 Å². The zero-order valence-electron chi connectivity index (χ0n) is 12.1. The number of hydrogen-bond donors (Lipinski definition) is 1. The van der Waals surface area contributed by atoms with Gasteiger partial charge < -0.3 is 5.11 Å². The third-order valence-electron chi connectivity index (χ3n) is 3.87. The molecule has 0 radical (unpaired) electrons. The summed E-state index contributed by atoms with van der Waals surface area (Å²) in [5, 5.41) is 8.62. The summed E-state index contributed by atoms with van der Waals surface area (Å²) in [5.41, 5.74) is 0.554. The van der Waals surface area contributed by atoms with Gasteiger partial charge in [-0.05, 0) is 35.6 Å². The number of sulfonamides is 1. The molecule has 114 valence electrons. The summed E-state index contributed by atoms with van der Waals surface area (Å²) in [6.07, 6.45) is 2.38. The van der Waals surface area contributed by atoms with E-state index in [9.17, 15) is 13.2 Å². The molecule has 6 heteroatoms. The molecule has 21 heavy (non-hydrogen) atoms. The van der Waals surface area contributed by atoms with Crippen molar-refractivity contribution >= 4 is 22.1 Å². The topological polar surface area (TPSA) is 74.7 Å². The van der Waals surface area contributed by atoms with E-state index < -0.39 is 16.0 Å². The number of hydrogen-bond acceptors (Lipinski definition) is 3. The van der Waals surface area contributed by atoms with Crippen molar-refractivity contribution in [1.82, 2.24) is 4.31 Å². The quantitative estimate of drug-likeness (QED) is 0.864. The van der Waals surface area contributed by atoms with Crippen LogP contribution in [0.25, 0.3) is 6.08 Å². The molecule has 1 aromatic rings. The van der Waals surface area contributed by atoms with Crippen LogP contribution in [0.1, 0.15) is 19.4 Å². The van der Waals surface area contributed by atoms with Crippen LogP contribution in [0.5, 0.6) is 0 Å². The maximum Gasteiger partial charge on any atom is 0.328 e. The van der Waals surface area contributed by atoms with Gasteiger partial charge in [0.05, 0.1) is 4.90 Å². The Hall–Kier alpha value is -1.66. The lowest BCUT2D eigenvalue weighted by Crippen LogP contribution is -2.29. The minimum absolute atomic E-state index is 0.205. The Morgan fingerprint density at radius 2 is 1.90 bits per heavy atom. The lowest BCUT2D eigenvalue weighted by Gasteiger charge is -2.16. The fraction of sp³-hybridized carbons (Fsp3) is 0.400. The average molecular weight is 309 g/mol. The van der Waals surface area contributed by atoms with E-state index in [1.165, 1.54) is 16.4 Å². The van der Waals surface area contributed by atoms with E-state index in [2.05, 4.69) is 0 Å². The molecular weight excluding hydrogens is 290 g/mol. The number of carboxylic acids is 1. The molecule has 2 unspecified atom stereocenters. The average Bonchev–Trinajstić information content (AvgIpc) is 2.77. The molecule has 1 saturated heterocycles. The SMILES string of the molecule is CC1CN(S(=O)(=O)c2cccc(C=CC(=O)O)c2)CC1C. The van der Waals surface area contributed by atoms with E-state index in [0.717, 1.165) is 6.08 Å². The second-order valence-electron chi connectivity index (χ2n) is 5.52. The minimum Gasteiger partial charge on any atom is -0.478 e. The van der Waals surface area contributed by atoms with E-state index in [-0.39, 0.29) is 4.90 Å². The number of carbonyl (C=O) groups is 1. The first-order chi connectivity index (χ1) is 9.80. The fourth-order valence-corrected chi connectivity index (χ4v) is 4.06. The molecule has 2 atom stereocenters. The van der Waals surface area contributed by atoms with Crippen molar-refractivity contribution in [3.8, 4) is 0 Å². The maximum atomic E-state index is 12.6. The molecule has 0 aliphatic carbocycles. The summed E-state index contributed by atoms with van der Waals surface area (Å²) in [6.45, 7) is 5.15. The lowest BCUT2D eigenvalue weighted by atomic mass is 10.0. The summed E-state index contributed by atoms with van der Waals surface area (Å²) in [4.78, 5) is 10.7. The van der Waals surface area contributed by atoms with Crippen LogP contribution in [0.2, 0.25) is 0 Å². The van der Waals surface area contributed by atoms with E-state index in [4.69, 9.17) is 5.11 Å². The first-order valence-corrected chi connectivity index (χ1v) is 8.26. The number of nitrogens with zero attached hydrogens (tertiary/aromatic N) is 1. The molecule has 1 heterocycles. The van der Waals surface area contributed by atoms with Gasteiger partial charge >= 0.3 is 5.97 Å². The van der Waals surface area contributed by atoms with Gasteiger partial charge in [0.15, 0.2) is 0 Å². The van der Waals surface area contributed by atoms with E-state index >= 15 is 0 Å². The molecule has 2 rings (SSSR count). The summed E-state index contributed by atoms with van der Waals surface area (Å²) < 4.78 is 26.7. The first kappa shape index (κ1) is 15.7. The minimum atomic E-state index is -3.51. The molecule has 1 fully saturated rings. The Labute approximate surface area is 124 Å². The normalized spacial score (nSPS) is 23.7. The van der Waals surface area contributed by atoms with Gasteiger partial charge in [-0.3, -0.25) is 0 Å². The van der Waals surface area contributed by atoms with Gasteiger partial charge in [-0.15, -0.1) is 0 Å². The highest BCUT2D eigenvalue weighted by atomic mass is 32.2. The Morgan fingerprint density at radius 3 is 2.48 bits per heavy atom. The van der Waals surface area contributed by atoms with Crippen LogP contribution >= 0.6 is 0 Å². The molecule has 1 aliphatic rings. The number of benzene rings is 1. The highest BCUT2D eigenvalue weighted by Gasteiger charge is 2.34. The highest BCUT2D eigenvalue weighted by molar-refractivity contribution is 7.89. The van der Waals surface area contributed by atoms with Gasteiger partial charge in [-0.2, -0.15) is 4.31 Å². The van der Waals surface area contributed by atoms with E-state index in [0.29, 0.717) is 30.5 Å². The van der Waals surface area contributed by atoms with Gasteiger partial charge in [0, 0.05) is 19.2 Å². The molecule has 1 N–H and O–H groups in total. The van der Waals surface area contributed by atoms with Gasteiger partial charge in [0.1, 0.15) is 0 Å². The van der Waals surface area contributed by atoms with E-state index in [1.54, 1.807) is 18.2 Å². The lowest BCUT2D eigenvalue weighted by molar-refractivity contribution is -0.131. The first-order valence-electron chi connectivity index (χ1n) is 6.82. The molecular formula is C15H19NO4S. The van der Waals surface area contributed by atoms with Gasteiger partial charge in [0.25, 0.3) is 0 Å². The molecule has 0 bridgehead atoms. The highest BCUT2D eigenvalue weighted by Crippen LogP contribution is 2.28. The van der Waals surface area contributed by atoms with E-state index in [1.807, 2.05) is 13.8 Å². The third kappa shape index (κ3) is 3.51. The molecule has 0 saturated carbocycles. The largest absolute Gasteiger partial charge is 0.478 e. The van der Waals surface area contributed by atoms with Crippen LogP contribution in [0, 0.1) is 11.8 Å². The maximum absolute atomic E-state index is 12.6. The van der Waals surface area contributed by atoms with Crippen molar-refractivity contribution in [1.29, 1.82) is 0 Å². The summed E-state index contributed by atoms with van der Waals surface area (Å²) in [6, 6.07) is 6.34. The standard InChI is InChI=1S/C15H19NO4S/c1-11-9-16(10-12(11)2)21(19,20)14-5-3-4-13(8-14)6-7-15(17)18/h3-8,11-12H,9-10H2,1-2H3,(H,17,18). The summed E-state index contributed by atoms with van der Waals surface area (Å²) in [7, 11) is -3.51. The number of carboxylic acid groups (broad SMARTS) is 1. The predicted molar refractivity (Wildman–Crippen MR) is 80.2 cm³/mol. The van der Waals surface area contributed by atoms with Crippen LogP contribution in [-0.4, -0.2) is 36.9 Å². The van der Waals surface area contributed by atoms with Crippen LogP contribution in [0.4, 0.5) is 0 Å². The van der Waals surface area contributed by atoms with Crippen molar-refractivity contribution < 1.29 is 18.3 Å². The number of aliphatic carboxylic acids is 1. The van der Waals surface area contributed by atoms with Crippen molar-refractivity contribution in [2.75, 3.05) is 13.1 Å². The fourth-order valence-electron chi connectivity index (χ4n) is 2.37. The zero-order valence-corrected chi connectivity index (χ0v) is 12.9. The van der Waals surface area contributed by atoms with Crippen LogP contribution in [0.15, 0.2) is 35.2 Å². The third-order valence-corrected chi connectivity index (χ3v) is 5.70. The molecule has 1 aliphatic heterocycles. The molecule has 0 aromatic heterocycles. The van der Waals surface area contributed by atoms with Crippen molar-refractivity contribution in [2.45, 2.75) is 18.7 Å². The Bertz CT molecular complexity index is 656. The van der Waals surface area contributed by atoms with Gasteiger partial charge in [-0.25, -0.2) is 13.2 Å². The molecule has 0 spiro atoms. The molecule has 5 nitrogen and oxygen atoms in total. The summed E-state index contributed by atoms with van der Waals surface area (Å²) >= 11 is 0. The van der Waals surface area contributed by atoms with Crippen molar-refractivity contribution in [3.63, 3.8) is 0 Å². The predicted octanol–water partition coefficient (Wildman–Crippen LogP) is 2.06. The monoisotopic (exact) mass is 309 g/mol. The second-order valence-corrected chi connectivity index (χ2v) is 7.46. The second kappa shape index (κ2) is 5.99. The van der Waals surface area contributed by atoms with Crippen LogP contribution in [0.3, 0.4) is 0 Å². The Balaban J connectivity index is 2.29. The van der Waals surface area contributed by atoms with Crippen molar-refractivity contribution in [2.24, 2.45) is 11.8 Å². The Morgan fingerprint density at radius 1 is 1.29 bits per heavy atom. The molecule has 1 aromatic carbocycles. The van der Waals surface area contributed by atoms with Gasteiger partial charge in [-0.1, -0.05) is 26.0 Å². The van der Waals surface area contributed by atoms with Crippen molar-refractivity contribution in [3.05, 3.63) is 35.9 Å².